The van der Waals surface area contributed by atoms with Gasteiger partial charge in [0.05, 0.1) is 11.7 Å². The van der Waals surface area contributed by atoms with Gasteiger partial charge in [0.25, 0.3) is 5.56 Å². The van der Waals surface area contributed by atoms with Crippen molar-refractivity contribution in [3.05, 3.63) is 91.3 Å². The lowest BCUT2D eigenvalue weighted by Crippen LogP contribution is -2.41. The number of aryl methyl sites for hydroxylation is 2. The number of hydrogen-bond acceptors (Lipinski definition) is 4. The summed E-state index contributed by atoms with van der Waals surface area (Å²) in [5.74, 6) is -0.319. The van der Waals surface area contributed by atoms with E-state index in [9.17, 15) is 14.7 Å². The minimum absolute atomic E-state index is 0.180. The molecule has 3 N–H and O–H groups in total. The van der Waals surface area contributed by atoms with Gasteiger partial charge in [-0.3, -0.25) is 14.7 Å². The van der Waals surface area contributed by atoms with Gasteiger partial charge in [-0.15, -0.1) is 0 Å². The van der Waals surface area contributed by atoms with Crippen LogP contribution in [0.25, 0.3) is 16.6 Å². The highest BCUT2D eigenvalue weighted by Gasteiger charge is 2.35. The predicted molar refractivity (Wildman–Crippen MR) is 125 cm³/mol. The summed E-state index contributed by atoms with van der Waals surface area (Å²) in [5, 5.41) is 12.5. The van der Waals surface area contributed by atoms with Gasteiger partial charge in [-0.1, -0.05) is 42.8 Å². The third kappa shape index (κ3) is 3.00. The Morgan fingerprint density at radius 2 is 1.88 bits per heavy atom. The molecule has 3 heterocycles. The Kier molecular flexibility index (Phi) is 4.78. The highest BCUT2D eigenvalue weighted by Crippen LogP contribution is 2.39. The Morgan fingerprint density at radius 1 is 1.09 bits per heavy atom. The maximum absolute atomic E-state index is 13.1. The topological polar surface area (TPSA) is 94.1 Å². The summed E-state index contributed by atoms with van der Waals surface area (Å²) in [6.45, 7) is 7.33. The van der Waals surface area contributed by atoms with Crippen molar-refractivity contribution in [1.82, 2.24) is 19.4 Å². The van der Waals surface area contributed by atoms with Crippen LogP contribution in [0.2, 0.25) is 0 Å². The largest absolute Gasteiger partial charge is 0.494 e. The van der Waals surface area contributed by atoms with Gasteiger partial charge in [0, 0.05) is 23.1 Å². The Bertz CT molecular complexity index is 1460. The van der Waals surface area contributed by atoms with Gasteiger partial charge in [-0.25, -0.2) is 9.36 Å². The molecule has 0 spiro atoms. The quantitative estimate of drug-likeness (QED) is 0.465. The molecule has 0 radical (unpaired) electrons. The van der Waals surface area contributed by atoms with E-state index in [0.717, 1.165) is 46.3 Å². The molecule has 32 heavy (non-hydrogen) atoms. The molecule has 164 valence electrons. The van der Waals surface area contributed by atoms with Crippen LogP contribution in [-0.4, -0.2) is 37.6 Å². The summed E-state index contributed by atoms with van der Waals surface area (Å²) in [6.07, 6.45) is 0.846. The Morgan fingerprint density at radius 3 is 2.62 bits per heavy atom. The van der Waals surface area contributed by atoms with E-state index >= 15 is 0 Å². The van der Waals surface area contributed by atoms with Crippen molar-refractivity contribution in [2.45, 2.75) is 33.2 Å². The fourth-order valence-electron chi connectivity index (χ4n) is 5.02. The summed E-state index contributed by atoms with van der Waals surface area (Å²) in [7, 11) is 0. The van der Waals surface area contributed by atoms with Gasteiger partial charge in [0.2, 0.25) is 5.88 Å². The van der Waals surface area contributed by atoms with Crippen LogP contribution >= 0.6 is 0 Å². The Labute approximate surface area is 185 Å². The first-order chi connectivity index (χ1) is 15.4. The molecule has 1 aliphatic rings. The number of fused-ring (bicyclic) bond motifs is 3. The highest BCUT2D eigenvalue weighted by molar-refractivity contribution is 5.85. The van der Waals surface area contributed by atoms with E-state index < -0.39 is 17.3 Å². The first kappa shape index (κ1) is 20.3. The van der Waals surface area contributed by atoms with Crippen molar-refractivity contribution in [2.24, 2.45) is 0 Å². The molecule has 7 heteroatoms. The zero-order valence-electron chi connectivity index (χ0n) is 18.4. The number of nitrogens with one attached hydrogen (secondary N) is 2. The third-order valence-electron chi connectivity index (χ3n) is 6.53. The maximum atomic E-state index is 13.1. The molecule has 0 fully saturated rings. The van der Waals surface area contributed by atoms with Crippen molar-refractivity contribution >= 4 is 10.9 Å². The van der Waals surface area contributed by atoms with E-state index in [2.05, 4.69) is 20.9 Å². The van der Waals surface area contributed by atoms with Gasteiger partial charge in [0.1, 0.15) is 5.56 Å². The van der Waals surface area contributed by atoms with Crippen LogP contribution in [0.15, 0.2) is 52.1 Å². The average molecular weight is 431 g/mol. The summed E-state index contributed by atoms with van der Waals surface area (Å²) in [5.41, 5.74) is 4.44. The number of aromatic nitrogens is 3. The van der Waals surface area contributed by atoms with Gasteiger partial charge >= 0.3 is 5.69 Å². The highest BCUT2D eigenvalue weighted by atomic mass is 16.3. The number of nitrogens with zero attached hydrogens (tertiary/aromatic N) is 2. The minimum Gasteiger partial charge on any atom is -0.494 e. The summed E-state index contributed by atoms with van der Waals surface area (Å²) >= 11 is 0. The summed E-state index contributed by atoms with van der Waals surface area (Å²) in [4.78, 5) is 34.0. The fraction of sp³-hybridized carbons (Fsp3) is 0.280. The second-order valence-corrected chi connectivity index (χ2v) is 8.47. The van der Waals surface area contributed by atoms with Crippen LogP contribution < -0.4 is 11.2 Å². The molecular weight excluding hydrogens is 404 g/mol. The molecule has 0 aliphatic carbocycles. The number of hydrogen-bond donors (Lipinski definition) is 3. The number of rotatable bonds is 3. The number of aromatic amines is 2. The van der Waals surface area contributed by atoms with Gasteiger partial charge in [-0.05, 0) is 50.1 Å². The number of likely N-dealkylation sites (N-methyl/N-ethyl adjacent to an activating group) is 1. The minimum atomic E-state index is -0.654. The third-order valence-corrected chi connectivity index (χ3v) is 6.53. The van der Waals surface area contributed by atoms with Gasteiger partial charge in [-0.2, -0.15) is 0 Å². The van der Waals surface area contributed by atoms with E-state index in [1.54, 1.807) is 6.07 Å². The molecule has 4 aromatic rings. The fourth-order valence-corrected chi connectivity index (χ4v) is 5.02. The lowest BCUT2D eigenvalue weighted by molar-refractivity contribution is 0.215. The SMILES string of the molecule is CCN1CCc2c([nH]c3ccccc23)[C@H]1c1c(O)n(-c2ccc(C)cc2C)c(=O)[nH]c1=O. The molecule has 0 saturated carbocycles. The molecule has 1 atom stereocenters. The molecule has 1 aliphatic heterocycles. The van der Waals surface area contributed by atoms with E-state index in [1.807, 2.05) is 51.1 Å². The second-order valence-electron chi connectivity index (χ2n) is 8.47. The molecule has 0 saturated heterocycles. The molecule has 7 nitrogen and oxygen atoms in total. The molecule has 2 aromatic carbocycles. The normalized spacial score (nSPS) is 16.4. The zero-order chi connectivity index (χ0) is 22.6. The van der Waals surface area contributed by atoms with E-state index in [1.165, 1.54) is 4.57 Å². The van der Waals surface area contributed by atoms with Crippen molar-refractivity contribution < 1.29 is 5.11 Å². The lowest BCUT2D eigenvalue weighted by Gasteiger charge is -2.35. The lowest BCUT2D eigenvalue weighted by atomic mass is 9.93. The predicted octanol–water partition coefficient (Wildman–Crippen LogP) is 3.30. The Hall–Kier alpha value is -3.58. The molecule has 0 unspecified atom stereocenters. The molecule has 0 amide bonds. The Balaban J connectivity index is 1.80. The molecule has 5 rings (SSSR count). The first-order valence-corrected chi connectivity index (χ1v) is 10.9. The van der Waals surface area contributed by atoms with Crippen LogP contribution in [-0.2, 0) is 6.42 Å². The smallest absolute Gasteiger partial charge is 0.335 e. The van der Waals surface area contributed by atoms with Gasteiger partial charge in [0.15, 0.2) is 0 Å². The molecule has 0 bridgehead atoms. The standard InChI is InChI=1S/C25H26N4O3/c1-4-28-12-11-17-16-7-5-6-8-18(16)26-21(17)22(28)20-23(30)27-25(32)29(24(20)31)19-10-9-14(2)13-15(19)3/h5-10,13,22,26,31H,4,11-12H2,1-3H3,(H,27,30,32)/t22-/m1/s1. The summed E-state index contributed by atoms with van der Waals surface area (Å²) < 4.78 is 1.20. The second kappa shape index (κ2) is 7.53. The number of H-pyrrole nitrogens is 2. The van der Waals surface area contributed by atoms with E-state index in [-0.39, 0.29) is 11.4 Å². The van der Waals surface area contributed by atoms with Crippen LogP contribution in [0, 0.1) is 13.8 Å². The average Bonchev–Trinajstić information content (AvgIpc) is 3.14. The maximum Gasteiger partial charge on any atom is 0.335 e. The zero-order valence-corrected chi connectivity index (χ0v) is 18.4. The molecule has 2 aromatic heterocycles. The summed E-state index contributed by atoms with van der Waals surface area (Å²) in [6, 6.07) is 13.2. The van der Waals surface area contributed by atoms with E-state index in [4.69, 9.17) is 0 Å². The number of para-hydroxylation sites is 1. The number of aromatic hydroxyl groups is 1. The number of benzene rings is 2. The van der Waals surface area contributed by atoms with E-state index in [0.29, 0.717) is 12.2 Å². The van der Waals surface area contributed by atoms with Crippen LogP contribution in [0.1, 0.15) is 40.9 Å². The van der Waals surface area contributed by atoms with Crippen molar-refractivity contribution in [1.29, 1.82) is 0 Å². The van der Waals surface area contributed by atoms with Crippen molar-refractivity contribution in [3.8, 4) is 11.6 Å². The van der Waals surface area contributed by atoms with Gasteiger partial charge < -0.3 is 10.1 Å². The van der Waals surface area contributed by atoms with Crippen LogP contribution in [0.3, 0.4) is 0 Å². The molecular formula is C25H26N4O3. The van der Waals surface area contributed by atoms with Crippen LogP contribution in [0.5, 0.6) is 5.88 Å². The monoisotopic (exact) mass is 430 g/mol. The first-order valence-electron chi connectivity index (χ1n) is 10.9. The van der Waals surface area contributed by atoms with Crippen LogP contribution in [0.4, 0.5) is 0 Å². The van der Waals surface area contributed by atoms with Crippen molar-refractivity contribution in [2.75, 3.05) is 13.1 Å². The van der Waals surface area contributed by atoms with Crippen molar-refractivity contribution in [3.63, 3.8) is 0 Å².